The van der Waals surface area contributed by atoms with E-state index in [4.69, 9.17) is 4.74 Å². The van der Waals surface area contributed by atoms with Crippen molar-refractivity contribution in [3.05, 3.63) is 103 Å². The SMILES string of the molecule is OC(COc1cccc2ncccc12)CN1CCC(C(O)(c2ccccc2)c2ccncc2)CC1. The fourth-order valence-electron chi connectivity index (χ4n) is 5.21. The molecular weight excluding hydrogens is 438 g/mol. The molecule has 5 rings (SSSR count). The highest BCUT2D eigenvalue weighted by molar-refractivity contribution is 5.84. The normalized spacial score (nSPS) is 17.7. The van der Waals surface area contributed by atoms with E-state index in [1.54, 1.807) is 18.6 Å². The molecule has 2 N–H and O–H groups in total. The second-order valence-electron chi connectivity index (χ2n) is 9.23. The maximum Gasteiger partial charge on any atom is 0.128 e. The zero-order valence-electron chi connectivity index (χ0n) is 19.7. The van der Waals surface area contributed by atoms with Gasteiger partial charge >= 0.3 is 0 Å². The average molecular weight is 470 g/mol. The average Bonchev–Trinajstić information content (AvgIpc) is 2.93. The third kappa shape index (κ3) is 5.05. The minimum atomic E-state index is -1.07. The van der Waals surface area contributed by atoms with Crippen LogP contribution in [-0.4, -0.2) is 57.4 Å². The summed E-state index contributed by atoms with van der Waals surface area (Å²) in [5.41, 5.74) is 1.58. The molecule has 1 aliphatic rings. The molecule has 6 nitrogen and oxygen atoms in total. The Kier molecular flexibility index (Phi) is 7.04. The van der Waals surface area contributed by atoms with E-state index < -0.39 is 11.7 Å². The number of likely N-dealkylation sites (tertiary alicyclic amines) is 1. The molecule has 4 aromatic rings. The number of fused-ring (bicyclic) bond motifs is 1. The summed E-state index contributed by atoms with van der Waals surface area (Å²) in [6.07, 6.45) is 6.29. The van der Waals surface area contributed by atoms with Crippen LogP contribution in [0.1, 0.15) is 24.0 Å². The highest BCUT2D eigenvalue weighted by Gasteiger charge is 2.41. The number of hydrogen-bond acceptors (Lipinski definition) is 6. The molecule has 0 bridgehead atoms. The zero-order chi connectivity index (χ0) is 24.1. The molecule has 0 amide bonds. The second-order valence-corrected chi connectivity index (χ2v) is 9.23. The van der Waals surface area contributed by atoms with E-state index in [0.29, 0.717) is 6.54 Å². The number of rotatable bonds is 8. The smallest absolute Gasteiger partial charge is 0.128 e. The van der Waals surface area contributed by atoms with Crippen molar-refractivity contribution >= 4 is 10.9 Å². The third-order valence-corrected chi connectivity index (χ3v) is 7.02. The van der Waals surface area contributed by atoms with Crippen molar-refractivity contribution in [2.45, 2.75) is 24.5 Å². The molecule has 1 aliphatic heterocycles. The number of pyridine rings is 2. The summed E-state index contributed by atoms with van der Waals surface area (Å²) in [6.45, 7) is 2.37. The first-order valence-electron chi connectivity index (χ1n) is 12.2. The molecule has 1 saturated heterocycles. The predicted octanol–water partition coefficient (Wildman–Crippen LogP) is 4.02. The van der Waals surface area contributed by atoms with Crippen LogP contribution in [0.3, 0.4) is 0 Å². The molecule has 2 atom stereocenters. The van der Waals surface area contributed by atoms with Gasteiger partial charge in [-0.05, 0) is 79.4 Å². The summed E-state index contributed by atoms with van der Waals surface area (Å²) >= 11 is 0. The van der Waals surface area contributed by atoms with Crippen LogP contribution < -0.4 is 4.74 Å². The Morgan fingerprint density at radius 2 is 1.63 bits per heavy atom. The number of hydrogen-bond donors (Lipinski definition) is 2. The number of aliphatic hydroxyl groups excluding tert-OH is 1. The minimum absolute atomic E-state index is 0.0696. The van der Waals surface area contributed by atoms with Gasteiger partial charge in [-0.15, -0.1) is 0 Å². The molecule has 6 heteroatoms. The van der Waals surface area contributed by atoms with E-state index in [0.717, 1.165) is 53.7 Å². The van der Waals surface area contributed by atoms with Gasteiger partial charge in [0.25, 0.3) is 0 Å². The first kappa shape index (κ1) is 23.4. The number of piperidine rings is 1. The third-order valence-electron chi connectivity index (χ3n) is 7.02. The standard InChI is InChI=1S/C29H31N3O3/c33-25(21-35-28-10-4-9-27-26(28)8-5-15-31-27)20-32-18-13-24(14-19-32)29(34,22-6-2-1-3-7-22)23-11-16-30-17-12-23/h1-12,15-17,24-25,33-34H,13-14,18-21H2. The Bertz CT molecular complexity index is 1180. The Balaban J connectivity index is 1.21. The highest BCUT2D eigenvalue weighted by Crippen LogP contribution is 2.41. The zero-order valence-corrected chi connectivity index (χ0v) is 19.7. The van der Waals surface area contributed by atoms with Gasteiger partial charge in [0.2, 0.25) is 0 Å². The summed E-state index contributed by atoms with van der Waals surface area (Å²) < 4.78 is 5.95. The fraction of sp³-hybridized carbons (Fsp3) is 0.310. The van der Waals surface area contributed by atoms with Crippen LogP contribution in [0.15, 0.2) is 91.4 Å². The van der Waals surface area contributed by atoms with Gasteiger partial charge in [0, 0.05) is 30.5 Å². The number of nitrogens with zero attached hydrogens (tertiary/aromatic N) is 3. The van der Waals surface area contributed by atoms with E-state index in [1.165, 1.54) is 0 Å². The lowest BCUT2D eigenvalue weighted by molar-refractivity contribution is -0.0222. The van der Waals surface area contributed by atoms with Gasteiger partial charge in [0.15, 0.2) is 0 Å². The first-order valence-corrected chi connectivity index (χ1v) is 12.2. The van der Waals surface area contributed by atoms with Crippen molar-refractivity contribution in [2.24, 2.45) is 5.92 Å². The van der Waals surface area contributed by atoms with Crippen molar-refractivity contribution in [1.82, 2.24) is 14.9 Å². The molecular formula is C29H31N3O3. The predicted molar refractivity (Wildman–Crippen MR) is 136 cm³/mol. The lowest BCUT2D eigenvalue weighted by Crippen LogP contribution is -2.46. The van der Waals surface area contributed by atoms with Gasteiger partial charge in [0.05, 0.1) is 5.52 Å². The van der Waals surface area contributed by atoms with Gasteiger partial charge < -0.3 is 19.8 Å². The number of aliphatic hydroxyl groups is 2. The van der Waals surface area contributed by atoms with Crippen molar-refractivity contribution < 1.29 is 14.9 Å². The molecule has 0 radical (unpaired) electrons. The molecule has 2 unspecified atom stereocenters. The monoisotopic (exact) mass is 469 g/mol. The minimum Gasteiger partial charge on any atom is -0.490 e. The van der Waals surface area contributed by atoms with Gasteiger partial charge in [0.1, 0.15) is 24.1 Å². The van der Waals surface area contributed by atoms with Crippen LogP contribution in [0.25, 0.3) is 10.9 Å². The number of β-amino-alcohol motifs (C(OH)–C–C–N with tert-alkyl or cyclic N) is 1. The summed E-state index contributed by atoms with van der Waals surface area (Å²) in [4.78, 5) is 10.8. The lowest BCUT2D eigenvalue weighted by atomic mass is 9.72. The summed E-state index contributed by atoms with van der Waals surface area (Å²) in [7, 11) is 0. The maximum atomic E-state index is 12.0. The molecule has 3 heterocycles. The van der Waals surface area contributed by atoms with Crippen molar-refractivity contribution in [3.8, 4) is 5.75 Å². The quantitative estimate of drug-likeness (QED) is 0.406. The number of ether oxygens (including phenoxy) is 1. The van der Waals surface area contributed by atoms with E-state index in [-0.39, 0.29) is 12.5 Å². The van der Waals surface area contributed by atoms with Crippen LogP contribution in [0.4, 0.5) is 0 Å². The van der Waals surface area contributed by atoms with Crippen LogP contribution in [0.5, 0.6) is 5.75 Å². The Hall–Kier alpha value is -3.32. The largest absolute Gasteiger partial charge is 0.490 e. The highest BCUT2D eigenvalue weighted by atomic mass is 16.5. The van der Waals surface area contributed by atoms with Crippen LogP contribution in [0, 0.1) is 5.92 Å². The Labute approximate surface area is 205 Å². The second kappa shape index (κ2) is 10.5. The fourth-order valence-corrected chi connectivity index (χ4v) is 5.21. The summed E-state index contributed by atoms with van der Waals surface area (Å²) in [5, 5.41) is 23.6. The maximum absolute atomic E-state index is 12.0. The molecule has 0 saturated carbocycles. The van der Waals surface area contributed by atoms with Crippen molar-refractivity contribution in [3.63, 3.8) is 0 Å². The molecule has 180 valence electrons. The molecule has 0 spiro atoms. The van der Waals surface area contributed by atoms with Crippen molar-refractivity contribution in [2.75, 3.05) is 26.2 Å². The van der Waals surface area contributed by atoms with Crippen LogP contribution in [-0.2, 0) is 5.60 Å². The van der Waals surface area contributed by atoms with Gasteiger partial charge in [-0.1, -0.05) is 36.4 Å². The molecule has 1 fully saturated rings. The van der Waals surface area contributed by atoms with Crippen LogP contribution in [0.2, 0.25) is 0 Å². The van der Waals surface area contributed by atoms with Crippen LogP contribution >= 0.6 is 0 Å². The molecule has 2 aromatic carbocycles. The Morgan fingerprint density at radius 3 is 2.40 bits per heavy atom. The molecule has 35 heavy (non-hydrogen) atoms. The van der Waals surface area contributed by atoms with Gasteiger partial charge in [-0.2, -0.15) is 0 Å². The first-order chi connectivity index (χ1) is 17.1. The van der Waals surface area contributed by atoms with E-state index >= 15 is 0 Å². The molecule has 2 aromatic heterocycles. The number of benzene rings is 2. The topological polar surface area (TPSA) is 78.7 Å². The summed E-state index contributed by atoms with van der Waals surface area (Å²) in [5.74, 6) is 0.804. The van der Waals surface area contributed by atoms with Gasteiger partial charge in [-0.3, -0.25) is 9.97 Å². The van der Waals surface area contributed by atoms with Crippen molar-refractivity contribution in [1.29, 1.82) is 0 Å². The van der Waals surface area contributed by atoms with E-state index in [1.807, 2.05) is 72.8 Å². The van der Waals surface area contributed by atoms with E-state index in [2.05, 4.69) is 14.9 Å². The molecule has 0 aliphatic carbocycles. The van der Waals surface area contributed by atoms with E-state index in [9.17, 15) is 10.2 Å². The van der Waals surface area contributed by atoms with Gasteiger partial charge in [-0.25, -0.2) is 0 Å². The lowest BCUT2D eigenvalue weighted by Gasteiger charge is -2.42. The number of aromatic nitrogens is 2. The summed E-state index contributed by atoms with van der Waals surface area (Å²) in [6, 6.07) is 23.4. The Morgan fingerprint density at radius 1 is 0.886 bits per heavy atom.